The minimum absolute atomic E-state index is 0.0576. The summed E-state index contributed by atoms with van der Waals surface area (Å²) < 4.78 is 5.61. The summed E-state index contributed by atoms with van der Waals surface area (Å²) in [5.41, 5.74) is 2.22. The van der Waals surface area contributed by atoms with Gasteiger partial charge in [-0.05, 0) is 68.7 Å². The molecule has 0 aromatic heterocycles. The lowest BCUT2D eigenvalue weighted by atomic mass is 10.1. The molecule has 0 aliphatic heterocycles. The minimum atomic E-state index is -0.296. The summed E-state index contributed by atoms with van der Waals surface area (Å²) in [6, 6.07) is 14.6. The molecule has 0 heterocycles. The lowest BCUT2D eigenvalue weighted by molar-refractivity contribution is 0.0938. The van der Waals surface area contributed by atoms with Crippen molar-refractivity contribution in [2.24, 2.45) is 0 Å². The highest BCUT2D eigenvalue weighted by molar-refractivity contribution is 5.95. The molecule has 2 aromatic carbocycles. The minimum Gasteiger partial charge on any atom is -0.491 e. The number of carbonyl (C=O) groups is 2. The van der Waals surface area contributed by atoms with Gasteiger partial charge in [0.2, 0.25) is 0 Å². The maximum atomic E-state index is 12.3. The van der Waals surface area contributed by atoms with Crippen molar-refractivity contribution in [2.45, 2.75) is 58.2 Å². The number of benzene rings is 2. The maximum Gasteiger partial charge on any atom is 0.319 e. The van der Waals surface area contributed by atoms with Gasteiger partial charge in [-0.1, -0.05) is 25.0 Å². The first kappa shape index (κ1) is 20.7. The highest BCUT2D eigenvalue weighted by atomic mass is 16.5. The van der Waals surface area contributed by atoms with E-state index in [0.717, 1.165) is 24.2 Å². The number of amides is 3. The van der Waals surface area contributed by atoms with Crippen molar-refractivity contribution < 1.29 is 14.3 Å². The van der Waals surface area contributed by atoms with Gasteiger partial charge in [0.05, 0.1) is 6.10 Å². The molecule has 0 atom stereocenters. The smallest absolute Gasteiger partial charge is 0.319 e. The molecule has 0 radical (unpaired) electrons. The van der Waals surface area contributed by atoms with Crippen LogP contribution in [-0.2, 0) is 6.54 Å². The third-order valence-electron chi connectivity index (χ3n) is 4.84. The van der Waals surface area contributed by atoms with Gasteiger partial charge in [-0.3, -0.25) is 4.79 Å². The van der Waals surface area contributed by atoms with Crippen molar-refractivity contribution in [1.29, 1.82) is 0 Å². The fraction of sp³-hybridized carbons (Fsp3) is 0.391. The molecule has 3 N–H and O–H groups in total. The number of hydrogen-bond donors (Lipinski definition) is 3. The molecule has 1 fully saturated rings. The molecule has 1 saturated carbocycles. The van der Waals surface area contributed by atoms with Crippen LogP contribution in [0.4, 0.5) is 10.5 Å². The normalized spacial score (nSPS) is 13.9. The van der Waals surface area contributed by atoms with Crippen LogP contribution in [0, 0.1) is 0 Å². The number of ether oxygens (including phenoxy) is 1. The Morgan fingerprint density at radius 1 is 1.00 bits per heavy atom. The molecular weight excluding hydrogens is 366 g/mol. The van der Waals surface area contributed by atoms with Crippen LogP contribution in [0.25, 0.3) is 0 Å². The van der Waals surface area contributed by atoms with Crippen molar-refractivity contribution in [1.82, 2.24) is 10.6 Å². The van der Waals surface area contributed by atoms with E-state index in [0.29, 0.717) is 17.8 Å². The second-order valence-electron chi connectivity index (χ2n) is 7.65. The van der Waals surface area contributed by atoms with Gasteiger partial charge >= 0.3 is 6.03 Å². The quantitative estimate of drug-likeness (QED) is 0.647. The maximum absolute atomic E-state index is 12.3. The van der Waals surface area contributed by atoms with E-state index in [1.54, 1.807) is 24.3 Å². The number of anilines is 1. The summed E-state index contributed by atoms with van der Waals surface area (Å²) in [6.45, 7) is 4.37. The molecule has 1 aliphatic rings. The molecular formula is C23H29N3O3. The van der Waals surface area contributed by atoms with E-state index in [-0.39, 0.29) is 24.1 Å². The zero-order valence-electron chi connectivity index (χ0n) is 17.0. The topological polar surface area (TPSA) is 79.5 Å². The molecule has 6 heteroatoms. The fourth-order valence-electron chi connectivity index (χ4n) is 3.36. The molecule has 0 unspecified atom stereocenters. The van der Waals surface area contributed by atoms with Gasteiger partial charge in [0.25, 0.3) is 5.91 Å². The Morgan fingerprint density at radius 3 is 2.28 bits per heavy atom. The summed E-state index contributed by atoms with van der Waals surface area (Å²) in [6.07, 6.45) is 4.60. The average Bonchev–Trinajstić information content (AvgIpc) is 3.20. The molecule has 29 heavy (non-hydrogen) atoms. The summed E-state index contributed by atoms with van der Waals surface area (Å²) >= 11 is 0. The molecule has 3 rings (SSSR count). The first-order chi connectivity index (χ1) is 14.0. The standard InChI is InChI=1S/C23H29N3O3/c1-16(2)29-21-13-7-17(8-14-21)15-24-23(28)26-20-11-9-18(10-12-20)22(27)25-19-5-3-4-6-19/h7-14,16,19H,3-6,15H2,1-2H3,(H,25,27)(H2,24,26,28). The van der Waals surface area contributed by atoms with Gasteiger partial charge in [0, 0.05) is 23.8 Å². The Bertz CT molecular complexity index is 810. The van der Waals surface area contributed by atoms with E-state index in [4.69, 9.17) is 4.74 Å². The van der Waals surface area contributed by atoms with Crippen molar-refractivity contribution in [3.63, 3.8) is 0 Å². The third-order valence-corrected chi connectivity index (χ3v) is 4.84. The van der Waals surface area contributed by atoms with Crippen LogP contribution in [0.2, 0.25) is 0 Å². The van der Waals surface area contributed by atoms with Gasteiger partial charge in [0.15, 0.2) is 0 Å². The molecule has 3 amide bonds. The van der Waals surface area contributed by atoms with Crippen molar-refractivity contribution in [3.8, 4) is 5.75 Å². The highest BCUT2D eigenvalue weighted by Crippen LogP contribution is 2.18. The molecule has 0 saturated heterocycles. The zero-order chi connectivity index (χ0) is 20.6. The number of nitrogens with one attached hydrogen (secondary N) is 3. The Hall–Kier alpha value is -3.02. The van der Waals surface area contributed by atoms with Crippen molar-refractivity contribution in [3.05, 3.63) is 59.7 Å². The third kappa shape index (κ3) is 6.52. The lowest BCUT2D eigenvalue weighted by Crippen LogP contribution is -2.32. The second-order valence-corrected chi connectivity index (χ2v) is 7.65. The molecule has 154 valence electrons. The van der Waals surface area contributed by atoms with Gasteiger partial charge in [-0.2, -0.15) is 0 Å². The average molecular weight is 396 g/mol. The summed E-state index contributed by atoms with van der Waals surface area (Å²) in [4.78, 5) is 24.4. The van der Waals surface area contributed by atoms with Crippen LogP contribution in [0.3, 0.4) is 0 Å². The lowest BCUT2D eigenvalue weighted by Gasteiger charge is -2.12. The van der Waals surface area contributed by atoms with Crippen molar-refractivity contribution in [2.75, 3.05) is 5.32 Å². The molecule has 1 aliphatic carbocycles. The Morgan fingerprint density at radius 2 is 1.66 bits per heavy atom. The molecule has 0 spiro atoms. The second kappa shape index (κ2) is 9.96. The van der Waals surface area contributed by atoms with E-state index < -0.39 is 0 Å². The van der Waals surface area contributed by atoms with Crippen molar-refractivity contribution >= 4 is 17.6 Å². The van der Waals surface area contributed by atoms with Gasteiger partial charge in [0.1, 0.15) is 5.75 Å². The first-order valence-corrected chi connectivity index (χ1v) is 10.2. The highest BCUT2D eigenvalue weighted by Gasteiger charge is 2.17. The van der Waals surface area contributed by atoms with Crippen LogP contribution in [0.15, 0.2) is 48.5 Å². The summed E-state index contributed by atoms with van der Waals surface area (Å²) in [5.74, 6) is 0.753. The predicted octanol–water partition coefficient (Wildman–Crippen LogP) is 4.47. The van der Waals surface area contributed by atoms with E-state index >= 15 is 0 Å². The summed E-state index contributed by atoms with van der Waals surface area (Å²) in [7, 11) is 0. The zero-order valence-corrected chi connectivity index (χ0v) is 17.0. The summed E-state index contributed by atoms with van der Waals surface area (Å²) in [5, 5.41) is 8.67. The largest absolute Gasteiger partial charge is 0.491 e. The monoisotopic (exact) mass is 395 g/mol. The predicted molar refractivity (Wildman–Crippen MR) is 114 cm³/mol. The number of rotatable bonds is 7. The van der Waals surface area contributed by atoms with E-state index in [1.807, 2.05) is 38.1 Å². The van der Waals surface area contributed by atoms with Crippen LogP contribution >= 0.6 is 0 Å². The Labute approximate surface area is 172 Å². The van der Waals surface area contributed by atoms with E-state index in [1.165, 1.54) is 12.8 Å². The molecule has 2 aromatic rings. The fourth-order valence-corrected chi connectivity index (χ4v) is 3.36. The van der Waals surface area contributed by atoms with E-state index in [9.17, 15) is 9.59 Å². The van der Waals surface area contributed by atoms with Crippen LogP contribution in [-0.4, -0.2) is 24.1 Å². The molecule has 0 bridgehead atoms. The van der Waals surface area contributed by atoms with E-state index in [2.05, 4.69) is 16.0 Å². The van der Waals surface area contributed by atoms with Crippen LogP contribution < -0.4 is 20.7 Å². The van der Waals surface area contributed by atoms with Gasteiger partial charge in [-0.15, -0.1) is 0 Å². The Balaban J connectivity index is 1.44. The number of carbonyl (C=O) groups excluding carboxylic acids is 2. The molecule has 6 nitrogen and oxygen atoms in total. The SMILES string of the molecule is CC(C)Oc1ccc(CNC(=O)Nc2ccc(C(=O)NC3CCCC3)cc2)cc1. The van der Waals surface area contributed by atoms with Gasteiger partial charge in [-0.25, -0.2) is 4.79 Å². The van der Waals surface area contributed by atoms with Crippen LogP contribution in [0.5, 0.6) is 5.75 Å². The van der Waals surface area contributed by atoms with Crippen LogP contribution in [0.1, 0.15) is 55.5 Å². The van der Waals surface area contributed by atoms with Gasteiger partial charge < -0.3 is 20.7 Å². The Kier molecular flexibility index (Phi) is 7.11. The number of hydrogen-bond acceptors (Lipinski definition) is 3. The number of urea groups is 1. The first-order valence-electron chi connectivity index (χ1n) is 10.2.